The van der Waals surface area contributed by atoms with Crippen molar-refractivity contribution in [2.75, 3.05) is 5.43 Å². The number of nitrogens with two attached hydrogens (primary N) is 1. The fraction of sp³-hybridized carbons (Fsp3) is 0.375. The molecule has 0 saturated carbocycles. The van der Waals surface area contributed by atoms with Gasteiger partial charge < -0.3 is 10.2 Å². The van der Waals surface area contributed by atoms with Gasteiger partial charge in [-0.05, 0) is 23.6 Å². The van der Waals surface area contributed by atoms with E-state index in [-0.39, 0.29) is 5.92 Å². The van der Waals surface area contributed by atoms with Crippen LogP contribution in [-0.2, 0) is 0 Å². The number of nitrogens with one attached hydrogen (secondary N) is 1. The maximum Gasteiger partial charge on any atom is 0.224 e. The number of aromatic nitrogens is 2. The number of anilines is 1. The van der Waals surface area contributed by atoms with Gasteiger partial charge in [0.25, 0.3) is 0 Å². The molecule has 2 aromatic rings. The largest absolute Gasteiger partial charge is 0.439 e. The number of hydrogen-bond donors (Lipinski definition) is 2. The Morgan fingerprint density at radius 3 is 2.43 bits per heavy atom. The zero-order valence-electron chi connectivity index (χ0n) is 12.9. The molecule has 0 aliphatic carbocycles. The molecule has 0 amide bonds. The Balaban J connectivity index is 2.30. The molecule has 1 aromatic heterocycles. The smallest absolute Gasteiger partial charge is 0.224 e. The predicted octanol–water partition coefficient (Wildman–Crippen LogP) is 3.80. The van der Waals surface area contributed by atoms with E-state index in [2.05, 4.69) is 35.3 Å². The van der Waals surface area contributed by atoms with Crippen LogP contribution in [0.2, 0.25) is 0 Å². The van der Waals surface area contributed by atoms with Crippen molar-refractivity contribution < 1.29 is 4.74 Å². The van der Waals surface area contributed by atoms with Crippen LogP contribution in [0.5, 0.6) is 11.6 Å². The Morgan fingerprint density at radius 1 is 1.05 bits per heavy atom. The molecule has 0 aliphatic rings. The highest BCUT2D eigenvalue weighted by Gasteiger charge is 2.10. The third-order valence-electron chi connectivity index (χ3n) is 3.13. The Labute approximate surface area is 125 Å². The molecule has 0 aliphatic heterocycles. The number of nitrogens with zero attached hydrogens (tertiary/aromatic N) is 2. The Kier molecular flexibility index (Phi) is 4.75. The van der Waals surface area contributed by atoms with Crippen molar-refractivity contribution in [1.29, 1.82) is 0 Å². The molecule has 0 spiro atoms. The van der Waals surface area contributed by atoms with Gasteiger partial charge in [0.15, 0.2) is 0 Å². The first-order chi connectivity index (χ1) is 9.99. The molecule has 112 valence electrons. The summed E-state index contributed by atoms with van der Waals surface area (Å²) in [5.41, 5.74) is 3.77. The summed E-state index contributed by atoms with van der Waals surface area (Å²) in [7, 11) is 0. The molecule has 0 saturated heterocycles. The molecule has 21 heavy (non-hydrogen) atoms. The van der Waals surface area contributed by atoms with Crippen LogP contribution in [0.4, 0.5) is 5.82 Å². The molecule has 5 nitrogen and oxygen atoms in total. The number of hydrogen-bond acceptors (Lipinski definition) is 5. The lowest BCUT2D eigenvalue weighted by atomic mass is 10.0. The van der Waals surface area contributed by atoms with Gasteiger partial charge in [0, 0.05) is 12.0 Å². The molecular weight excluding hydrogens is 264 g/mol. The van der Waals surface area contributed by atoms with Crippen LogP contribution in [0.15, 0.2) is 30.3 Å². The van der Waals surface area contributed by atoms with E-state index < -0.39 is 0 Å². The first-order valence-corrected chi connectivity index (χ1v) is 7.13. The van der Waals surface area contributed by atoms with Crippen molar-refractivity contribution in [3.8, 4) is 11.6 Å². The number of ether oxygens (including phenoxy) is 1. The molecule has 0 radical (unpaired) electrons. The van der Waals surface area contributed by atoms with E-state index in [4.69, 9.17) is 10.6 Å². The highest BCUT2D eigenvalue weighted by atomic mass is 16.5. The molecule has 5 heteroatoms. The van der Waals surface area contributed by atoms with E-state index in [1.165, 1.54) is 5.56 Å². The summed E-state index contributed by atoms with van der Waals surface area (Å²) in [4.78, 5) is 8.73. The second-order valence-electron chi connectivity index (χ2n) is 5.58. The molecule has 0 atom stereocenters. The highest BCUT2D eigenvalue weighted by Crippen LogP contribution is 2.26. The number of rotatable bonds is 5. The monoisotopic (exact) mass is 286 g/mol. The van der Waals surface area contributed by atoms with E-state index >= 15 is 0 Å². The van der Waals surface area contributed by atoms with Crippen LogP contribution >= 0.6 is 0 Å². The second kappa shape index (κ2) is 6.54. The highest BCUT2D eigenvalue weighted by molar-refractivity contribution is 5.40. The molecule has 2 rings (SSSR count). The molecule has 1 aromatic carbocycles. The summed E-state index contributed by atoms with van der Waals surface area (Å²) in [6, 6.07) is 9.70. The summed E-state index contributed by atoms with van der Waals surface area (Å²) >= 11 is 0. The topological polar surface area (TPSA) is 73.1 Å². The van der Waals surface area contributed by atoms with Crippen LogP contribution < -0.4 is 16.0 Å². The maximum absolute atomic E-state index is 5.86. The van der Waals surface area contributed by atoms with Crippen molar-refractivity contribution in [2.45, 2.75) is 39.5 Å². The van der Waals surface area contributed by atoms with Crippen LogP contribution in [0.1, 0.15) is 50.9 Å². The van der Waals surface area contributed by atoms with Gasteiger partial charge in [-0.3, -0.25) is 0 Å². The van der Waals surface area contributed by atoms with Gasteiger partial charge in [0.1, 0.15) is 17.4 Å². The average molecular weight is 286 g/mol. The normalized spacial score (nSPS) is 11.0. The van der Waals surface area contributed by atoms with Crippen LogP contribution in [-0.4, -0.2) is 9.97 Å². The minimum Gasteiger partial charge on any atom is -0.439 e. The van der Waals surface area contributed by atoms with Gasteiger partial charge in [-0.25, -0.2) is 10.8 Å². The van der Waals surface area contributed by atoms with Crippen molar-refractivity contribution in [3.05, 3.63) is 41.7 Å². The molecule has 0 bridgehead atoms. The van der Waals surface area contributed by atoms with Gasteiger partial charge in [-0.15, -0.1) is 0 Å². The maximum atomic E-state index is 5.86. The van der Waals surface area contributed by atoms with Crippen LogP contribution in [0.25, 0.3) is 0 Å². The lowest BCUT2D eigenvalue weighted by molar-refractivity contribution is 0.456. The minimum absolute atomic E-state index is 0.197. The molecular formula is C16H22N4O. The number of nitrogen functional groups attached to an aromatic ring is 1. The van der Waals surface area contributed by atoms with E-state index in [1.807, 2.05) is 32.0 Å². The van der Waals surface area contributed by atoms with Gasteiger partial charge in [-0.1, -0.05) is 39.8 Å². The fourth-order valence-corrected chi connectivity index (χ4v) is 1.89. The third-order valence-corrected chi connectivity index (χ3v) is 3.13. The number of benzene rings is 1. The van der Waals surface area contributed by atoms with Crippen LogP contribution in [0.3, 0.4) is 0 Å². The fourth-order valence-electron chi connectivity index (χ4n) is 1.89. The molecule has 0 fully saturated rings. The van der Waals surface area contributed by atoms with Gasteiger partial charge >= 0.3 is 0 Å². The van der Waals surface area contributed by atoms with Gasteiger partial charge in [0.2, 0.25) is 5.88 Å². The zero-order chi connectivity index (χ0) is 15.4. The first kappa shape index (κ1) is 15.3. The summed E-state index contributed by atoms with van der Waals surface area (Å²) in [5, 5.41) is 0. The summed E-state index contributed by atoms with van der Waals surface area (Å²) in [6.45, 7) is 8.35. The first-order valence-electron chi connectivity index (χ1n) is 7.13. The van der Waals surface area contributed by atoms with E-state index in [9.17, 15) is 0 Å². The van der Waals surface area contributed by atoms with E-state index in [0.29, 0.717) is 23.4 Å². The van der Waals surface area contributed by atoms with Crippen molar-refractivity contribution in [1.82, 2.24) is 9.97 Å². The van der Waals surface area contributed by atoms with Gasteiger partial charge in [-0.2, -0.15) is 4.98 Å². The second-order valence-corrected chi connectivity index (χ2v) is 5.58. The Morgan fingerprint density at radius 2 is 1.81 bits per heavy atom. The lowest BCUT2D eigenvalue weighted by Crippen LogP contribution is -2.11. The average Bonchev–Trinajstić information content (AvgIpc) is 2.47. The third kappa shape index (κ3) is 3.92. The van der Waals surface area contributed by atoms with Crippen molar-refractivity contribution in [2.24, 2.45) is 5.84 Å². The predicted molar refractivity (Wildman–Crippen MR) is 84.5 cm³/mol. The van der Waals surface area contributed by atoms with E-state index in [0.717, 1.165) is 5.75 Å². The zero-order valence-corrected chi connectivity index (χ0v) is 12.9. The quantitative estimate of drug-likeness (QED) is 0.646. The van der Waals surface area contributed by atoms with E-state index in [1.54, 1.807) is 6.07 Å². The molecule has 1 heterocycles. The minimum atomic E-state index is 0.197. The van der Waals surface area contributed by atoms with Crippen LogP contribution in [0, 0.1) is 0 Å². The number of hydrazine groups is 1. The van der Waals surface area contributed by atoms with Gasteiger partial charge in [0.05, 0.1) is 0 Å². The molecule has 3 N–H and O–H groups in total. The summed E-state index contributed by atoms with van der Waals surface area (Å²) in [6.07, 6.45) is 0. The molecule has 0 unspecified atom stereocenters. The lowest BCUT2D eigenvalue weighted by Gasteiger charge is -2.12. The van der Waals surface area contributed by atoms with Crippen molar-refractivity contribution >= 4 is 5.82 Å². The summed E-state index contributed by atoms with van der Waals surface area (Å²) < 4.78 is 5.86. The standard InChI is InChI=1S/C16H22N4O/c1-10(2)12-6-5-7-13(8-12)21-15-9-14(20-17)18-16(19-15)11(3)4/h5-11H,17H2,1-4H3,(H,18,19,20). The summed E-state index contributed by atoms with van der Waals surface area (Å²) in [5.74, 6) is 8.59. The Hall–Kier alpha value is -2.14. The SMILES string of the molecule is CC(C)c1cccc(Oc2cc(NN)nc(C(C)C)n2)c1. The van der Waals surface area contributed by atoms with Crippen molar-refractivity contribution in [3.63, 3.8) is 0 Å². The Bertz CT molecular complexity index is 611.